The van der Waals surface area contributed by atoms with Gasteiger partial charge in [0.1, 0.15) is 0 Å². The maximum atomic E-state index is 4.47. The minimum atomic E-state index is 0.760. The van der Waals surface area contributed by atoms with Crippen LogP contribution >= 0.6 is 0 Å². The van der Waals surface area contributed by atoms with Crippen LogP contribution in [-0.2, 0) is 19.5 Å². The zero-order valence-electron chi connectivity index (χ0n) is 13.0. The lowest BCUT2D eigenvalue weighted by molar-refractivity contribution is 0.682. The summed E-state index contributed by atoms with van der Waals surface area (Å²) < 4.78 is 1.93. The number of rotatable bonds is 7. The summed E-state index contributed by atoms with van der Waals surface area (Å²) in [5.41, 5.74) is 4.91. The minimum absolute atomic E-state index is 0.760. The van der Waals surface area contributed by atoms with Gasteiger partial charge in [-0.1, -0.05) is 24.3 Å². The molecule has 0 unspecified atom stereocenters. The van der Waals surface area contributed by atoms with Crippen LogP contribution in [0.25, 0.3) is 10.9 Å². The molecule has 2 heterocycles. The van der Waals surface area contributed by atoms with Gasteiger partial charge in [-0.25, -0.2) is 0 Å². The van der Waals surface area contributed by atoms with Gasteiger partial charge >= 0.3 is 0 Å². The van der Waals surface area contributed by atoms with Crippen molar-refractivity contribution in [3.05, 3.63) is 66.1 Å². The average Bonchev–Trinajstić information content (AvgIpc) is 3.08. The van der Waals surface area contributed by atoms with Gasteiger partial charge in [0.25, 0.3) is 0 Å². The summed E-state index contributed by atoms with van der Waals surface area (Å²) in [5.74, 6) is 0. The third-order valence-corrected chi connectivity index (χ3v) is 3.93. The Morgan fingerprint density at radius 2 is 2.18 bits per heavy atom. The third-order valence-electron chi connectivity index (χ3n) is 3.93. The molecule has 0 radical (unpaired) electrons. The molecule has 0 aliphatic rings. The van der Waals surface area contributed by atoms with Gasteiger partial charge in [-0.3, -0.25) is 4.68 Å². The molecule has 0 aliphatic heterocycles. The van der Waals surface area contributed by atoms with Gasteiger partial charge in [0.05, 0.1) is 12.2 Å². The van der Waals surface area contributed by atoms with Crippen molar-refractivity contribution in [2.75, 3.05) is 6.54 Å². The van der Waals surface area contributed by atoms with Gasteiger partial charge in [0.15, 0.2) is 0 Å². The number of aromatic amines is 1. The Balaban J connectivity index is 1.54. The summed E-state index contributed by atoms with van der Waals surface area (Å²) in [6, 6.07) is 8.43. The maximum Gasteiger partial charge on any atom is 0.0638 e. The summed E-state index contributed by atoms with van der Waals surface area (Å²) in [6.45, 7) is 8.36. The van der Waals surface area contributed by atoms with Crippen molar-refractivity contribution in [1.29, 1.82) is 0 Å². The molecule has 0 aliphatic carbocycles. The monoisotopic (exact) mass is 294 g/mol. The molecule has 0 saturated heterocycles. The maximum absolute atomic E-state index is 4.47. The van der Waals surface area contributed by atoms with Gasteiger partial charge in [0.2, 0.25) is 0 Å². The first kappa shape index (κ1) is 14.6. The van der Waals surface area contributed by atoms with E-state index >= 15 is 0 Å². The van der Waals surface area contributed by atoms with Crippen LogP contribution < -0.4 is 5.32 Å². The van der Waals surface area contributed by atoms with Crippen LogP contribution in [-0.4, -0.2) is 21.3 Å². The Hall–Kier alpha value is -2.33. The van der Waals surface area contributed by atoms with E-state index in [4.69, 9.17) is 0 Å². The fourth-order valence-corrected chi connectivity index (χ4v) is 2.74. The molecule has 0 atom stereocenters. The van der Waals surface area contributed by atoms with E-state index < -0.39 is 0 Å². The first-order chi connectivity index (χ1) is 10.8. The minimum Gasteiger partial charge on any atom is -0.361 e. The largest absolute Gasteiger partial charge is 0.361 e. The predicted molar refractivity (Wildman–Crippen MR) is 90.9 cm³/mol. The third kappa shape index (κ3) is 3.12. The Morgan fingerprint density at radius 3 is 3.05 bits per heavy atom. The number of para-hydroxylation sites is 1. The molecule has 2 aromatic heterocycles. The molecule has 0 bridgehead atoms. The first-order valence-electron chi connectivity index (χ1n) is 7.67. The Labute approximate surface area is 130 Å². The van der Waals surface area contributed by atoms with Crippen LogP contribution in [0.1, 0.15) is 16.8 Å². The van der Waals surface area contributed by atoms with Crippen LogP contribution in [0.5, 0.6) is 0 Å². The fourth-order valence-electron chi connectivity index (χ4n) is 2.74. The summed E-state index contributed by atoms with van der Waals surface area (Å²) in [6.07, 6.45) is 7.08. The highest BCUT2D eigenvalue weighted by atomic mass is 15.3. The van der Waals surface area contributed by atoms with E-state index in [1.807, 2.05) is 10.8 Å². The molecule has 4 heteroatoms. The highest BCUT2D eigenvalue weighted by Crippen LogP contribution is 2.17. The van der Waals surface area contributed by atoms with Gasteiger partial charge in [0, 0.05) is 35.4 Å². The molecule has 0 amide bonds. The molecule has 3 rings (SSSR count). The van der Waals surface area contributed by atoms with Crippen molar-refractivity contribution >= 4 is 10.9 Å². The number of fused-ring (bicyclic) bond motifs is 1. The standard InChI is InChI=1S/C18H22N4/c1-3-10-22-13-16(14(2)21-22)11-19-9-8-15-12-20-18-7-5-4-6-17(15)18/h3-7,12-13,19-20H,1,8-11H2,2H3. The zero-order valence-corrected chi connectivity index (χ0v) is 13.0. The van der Waals surface area contributed by atoms with Crippen molar-refractivity contribution in [2.24, 2.45) is 0 Å². The summed E-state index contributed by atoms with van der Waals surface area (Å²) in [4.78, 5) is 3.32. The van der Waals surface area contributed by atoms with Crippen LogP contribution in [0, 0.1) is 6.92 Å². The smallest absolute Gasteiger partial charge is 0.0638 e. The SMILES string of the molecule is C=CCn1cc(CNCCc2c[nH]c3ccccc23)c(C)n1. The quantitative estimate of drug-likeness (QED) is 0.519. The lowest BCUT2D eigenvalue weighted by Gasteiger charge is -2.03. The molecule has 22 heavy (non-hydrogen) atoms. The first-order valence-corrected chi connectivity index (χ1v) is 7.67. The van der Waals surface area contributed by atoms with Crippen molar-refractivity contribution in [2.45, 2.75) is 26.4 Å². The van der Waals surface area contributed by atoms with E-state index in [1.165, 1.54) is 22.0 Å². The van der Waals surface area contributed by atoms with Crippen LogP contribution in [0.4, 0.5) is 0 Å². The van der Waals surface area contributed by atoms with E-state index in [1.54, 1.807) is 0 Å². The van der Waals surface area contributed by atoms with Crippen molar-refractivity contribution in [3.8, 4) is 0 Å². The molecule has 1 aromatic carbocycles. The van der Waals surface area contributed by atoms with Crippen LogP contribution in [0.3, 0.4) is 0 Å². The zero-order chi connectivity index (χ0) is 15.4. The highest BCUT2D eigenvalue weighted by molar-refractivity contribution is 5.83. The van der Waals surface area contributed by atoms with E-state index in [2.05, 4.69) is 65.6 Å². The van der Waals surface area contributed by atoms with E-state index in [0.29, 0.717) is 0 Å². The second-order valence-electron chi connectivity index (χ2n) is 5.54. The molecule has 2 N–H and O–H groups in total. The normalized spacial score (nSPS) is 11.1. The van der Waals surface area contributed by atoms with Gasteiger partial charge in [-0.2, -0.15) is 5.10 Å². The highest BCUT2D eigenvalue weighted by Gasteiger charge is 2.05. The number of H-pyrrole nitrogens is 1. The second kappa shape index (κ2) is 6.62. The van der Waals surface area contributed by atoms with E-state index in [0.717, 1.165) is 31.7 Å². The number of aromatic nitrogens is 3. The van der Waals surface area contributed by atoms with Crippen molar-refractivity contribution in [3.63, 3.8) is 0 Å². The molecule has 0 fully saturated rings. The Bertz CT molecular complexity index is 766. The number of nitrogens with zero attached hydrogens (tertiary/aromatic N) is 2. The van der Waals surface area contributed by atoms with Gasteiger partial charge in [-0.15, -0.1) is 6.58 Å². The van der Waals surface area contributed by atoms with Crippen LogP contribution in [0.15, 0.2) is 49.3 Å². The molecule has 0 spiro atoms. The Morgan fingerprint density at radius 1 is 1.32 bits per heavy atom. The number of hydrogen-bond donors (Lipinski definition) is 2. The van der Waals surface area contributed by atoms with Crippen LogP contribution in [0.2, 0.25) is 0 Å². The predicted octanol–water partition coefficient (Wildman–Crippen LogP) is 3.19. The van der Waals surface area contributed by atoms with E-state index in [9.17, 15) is 0 Å². The molecule has 114 valence electrons. The molecular formula is C18H22N4. The second-order valence-corrected chi connectivity index (χ2v) is 5.54. The lowest BCUT2D eigenvalue weighted by atomic mass is 10.1. The molecular weight excluding hydrogens is 272 g/mol. The number of nitrogens with one attached hydrogen (secondary N) is 2. The molecule has 4 nitrogen and oxygen atoms in total. The average molecular weight is 294 g/mol. The topological polar surface area (TPSA) is 45.6 Å². The number of hydrogen-bond acceptors (Lipinski definition) is 2. The Kier molecular flexibility index (Phi) is 4.39. The number of benzene rings is 1. The summed E-state index contributed by atoms with van der Waals surface area (Å²) in [7, 11) is 0. The number of aryl methyl sites for hydroxylation is 1. The number of allylic oxidation sites excluding steroid dienone is 1. The molecule has 0 saturated carbocycles. The lowest BCUT2D eigenvalue weighted by Crippen LogP contribution is -2.16. The van der Waals surface area contributed by atoms with Crippen molar-refractivity contribution in [1.82, 2.24) is 20.1 Å². The summed E-state index contributed by atoms with van der Waals surface area (Å²) >= 11 is 0. The molecule has 3 aromatic rings. The fraction of sp³-hybridized carbons (Fsp3) is 0.278. The van der Waals surface area contributed by atoms with Gasteiger partial charge in [-0.05, 0) is 31.5 Å². The van der Waals surface area contributed by atoms with Crippen molar-refractivity contribution < 1.29 is 0 Å². The summed E-state index contributed by atoms with van der Waals surface area (Å²) in [5, 5.41) is 9.30. The van der Waals surface area contributed by atoms with E-state index in [-0.39, 0.29) is 0 Å². The van der Waals surface area contributed by atoms with Gasteiger partial charge < -0.3 is 10.3 Å².